The van der Waals surface area contributed by atoms with E-state index in [1.165, 1.54) is 0 Å². The fourth-order valence-corrected chi connectivity index (χ4v) is 1.66. The monoisotopic (exact) mass is 182 g/mol. The molecule has 1 aromatic heterocycles. The van der Waals surface area contributed by atoms with Gasteiger partial charge >= 0.3 is 0 Å². The van der Waals surface area contributed by atoms with Crippen LogP contribution in [0.3, 0.4) is 0 Å². The topological polar surface area (TPSA) is 58.1 Å². The second-order valence-corrected chi connectivity index (χ2v) is 3.48. The van der Waals surface area contributed by atoms with Gasteiger partial charge in [0.1, 0.15) is 0 Å². The summed E-state index contributed by atoms with van der Waals surface area (Å²) in [6, 6.07) is 0. The van der Waals surface area contributed by atoms with Crippen LogP contribution in [0.2, 0.25) is 0 Å². The molecule has 0 unspecified atom stereocenters. The summed E-state index contributed by atoms with van der Waals surface area (Å²) in [7, 11) is 0. The highest BCUT2D eigenvalue weighted by molar-refractivity contribution is 5.10. The van der Waals surface area contributed by atoms with Gasteiger partial charge in [-0.15, -0.1) is 0 Å². The molecule has 0 atom stereocenters. The molecule has 0 aromatic carbocycles. The normalized spacial score (nSPS) is 28.7. The number of aliphatic hydroxyl groups is 1. The van der Waals surface area contributed by atoms with Gasteiger partial charge in [-0.3, -0.25) is 5.10 Å². The van der Waals surface area contributed by atoms with E-state index in [4.69, 9.17) is 4.74 Å². The van der Waals surface area contributed by atoms with Gasteiger partial charge in [-0.2, -0.15) is 5.10 Å². The molecule has 2 N–H and O–H groups in total. The van der Waals surface area contributed by atoms with Crippen molar-refractivity contribution in [2.75, 3.05) is 0 Å². The highest BCUT2D eigenvalue weighted by atomic mass is 16.5. The lowest BCUT2D eigenvalue weighted by molar-refractivity contribution is 0.0666. The summed E-state index contributed by atoms with van der Waals surface area (Å²) in [5.41, 5.74) is 0. The quantitative estimate of drug-likeness (QED) is 0.719. The minimum atomic E-state index is -0.121. The van der Waals surface area contributed by atoms with E-state index in [1.807, 2.05) is 0 Å². The van der Waals surface area contributed by atoms with Gasteiger partial charge in [0, 0.05) is 0 Å². The van der Waals surface area contributed by atoms with Crippen molar-refractivity contribution >= 4 is 0 Å². The molecule has 0 amide bonds. The molecule has 1 aliphatic carbocycles. The maximum absolute atomic E-state index is 9.28. The maximum Gasteiger partial charge on any atom is 0.157 e. The number of rotatable bonds is 2. The number of aromatic nitrogens is 2. The van der Waals surface area contributed by atoms with Crippen molar-refractivity contribution in [1.82, 2.24) is 10.2 Å². The third kappa shape index (κ3) is 2.21. The number of nitrogens with zero attached hydrogens (tertiary/aromatic N) is 1. The van der Waals surface area contributed by atoms with Gasteiger partial charge in [-0.1, -0.05) is 0 Å². The summed E-state index contributed by atoms with van der Waals surface area (Å²) < 4.78 is 5.64. The standard InChI is InChI=1S/C9H14N2O2/c12-7-1-3-8(4-2-7)13-9-5-10-11-6-9/h5-8,12H,1-4H2,(H,10,11). The smallest absolute Gasteiger partial charge is 0.157 e. The third-order valence-electron chi connectivity index (χ3n) is 2.42. The van der Waals surface area contributed by atoms with Crippen LogP contribution in [0.5, 0.6) is 5.75 Å². The first-order valence-corrected chi connectivity index (χ1v) is 4.68. The molecule has 0 aliphatic heterocycles. The van der Waals surface area contributed by atoms with Crippen molar-refractivity contribution < 1.29 is 9.84 Å². The van der Waals surface area contributed by atoms with Crippen molar-refractivity contribution in [2.24, 2.45) is 0 Å². The molecule has 0 saturated heterocycles. The van der Waals surface area contributed by atoms with Gasteiger partial charge in [-0.25, -0.2) is 0 Å². The summed E-state index contributed by atoms with van der Waals surface area (Å²) in [6.45, 7) is 0. The third-order valence-corrected chi connectivity index (χ3v) is 2.42. The van der Waals surface area contributed by atoms with Gasteiger partial charge in [-0.05, 0) is 25.7 Å². The van der Waals surface area contributed by atoms with Crippen LogP contribution in [-0.2, 0) is 0 Å². The molecule has 1 fully saturated rings. The van der Waals surface area contributed by atoms with Crippen LogP contribution >= 0.6 is 0 Å². The van der Waals surface area contributed by atoms with Crippen molar-refractivity contribution in [3.8, 4) is 5.75 Å². The Balaban J connectivity index is 1.83. The maximum atomic E-state index is 9.28. The Morgan fingerprint density at radius 1 is 1.38 bits per heavy atom. The van der Waals surface area contributed by atoms with E-state index in [9.17, 15) is 5.11 Å². The van der Waals surface area contributed by atoms with E-state index in [2.05, 4.69) is 10.2 Å². The van der Waals surface area contributed by atoms with Crippen LogP contribution in [0.15, 0.2) is 12.4 Å². The van der Waals surface area contributed by atoms with Crippen LogP contribution in [0.1, 0.15) is 25.7 Å². The van der Waals surface area contributed by atoms with Crippen molar-refractivity contribution in [3.63, 3.8) is 0 Å². The first-order valence-electron chi connectivity index (χ1n) is 4.68. The molecule has 0 radical (unpaired) electrons. The number of nitrogens with one attached hydrogen (secondary N) is 1. The summed E-state index contributed by atoms with van der Waals surface area (Å²) >= 11 is 0. The highest BCUT2D eigenvalue weighted by Crippen LogP contribution is 2.22. The zero-order valence-electron chi connectivity index (χ0n) is 7.44. The van der Waals surface area contributed by atoms with E-state index < -0.39 is 0 Å². The molecule has 13 heavy (non-hydrogen) atoms. The van der Waals surface area contributed by atoms with E-state index in [-0.39, 0.29) is 12.2 Å². The number of aliphatic hydroxyl groups excluding tert-OH is 1. The minimum Gasteiger partial charge on any atom is -0.487 e. The van der Waals surface area contributed by atoms with Gasteiger partial charge < -0.3 is 9.84 Å². The molecule has 1 heterocycles. The number of hydrogen-bond donors (Lipinski definition) is 2. The number of hydrogen-bond acceptors (Lipinski definition) is 3. The summed E-state index contributed by atoms with van der Waals surface area (Å²) in [5, 5.41) is 15.8. The van der Waals surface area contributed by atoms with Gasteiger partial charge in [0.05, 0.1) is 24.6 Å². The lowest BCUT2D eigenvalue weighted by atomic mass is 9.95. The average molecular weight is 182 g/mol. The molecule has 0 bridgehead atoms. The molecule has 4 nitrogen and oxygen atoms in total. The predicted octanol–water partition coefficient (Wildman–Crippen LogP) is 1.09. The van der Waals surface area contributed by atoms with Gasteiger partial charge in [0.2, 0.25) is 0 Å². The van der Waals surface area contributed by atoms with Crippen LogP contribution in [0.4, 0.5) is 0 Å². The average Bonchev–Trinajstić information content (AvgIpc) is 2.62. The van der Waals surface area contributed by atoms with E-state index in [0.29, 0.717) is 0 Å². The second kappa shape index (κ2) is 3.79. The lowest BCUT2D eigenvalue weighted by Gasteiger charge is -2.25. The Kier molecular flexibility index (Phi) is 2.49. The molecular weight excluding hydrogens is 168 g/mol. The van der Waals surface area contributed by atoms with E-state index >= 15 is 0 Å². The van der Waals surface area contributed by atoms with Crippen LogP contribution in [0, 0.1) is 0 Å². The van der Waals surface area contributed by atoms with Crippen molar-refractivity contribution in [2.45, 2.75) is 37.9 Å². The van der Waals surface area contributed by atoms with Crippen molar-refractivity contribution in [3.05, 3.63) is 12.4 Å². The molecular formula is C9H14N2O2. The molecule has 0 spiro atoms. The second-order valence-electron chi connectivity index (χ2n) is 3.48. The molecule has 1 saturated carbocycles. The Bertz CT molecular complexity index is 240. The SMILES string of the molecule is OC1CCC(Oc2cn[nH]c2)CC1. The molecule has 1 aromatic rings. The summed E-state index contributed by atoms with van der Waals surface area (Å²) in [6.07, 6.45) is 7.12. The molecule has 1 aliphatic rings. The lowest BCUT2D eigenvalue weighted by Crippen LogP contribution is -2.26. The molecule has 2 rings (SSSR count). The van der Waals surface area contributed by atoms with Crippen molar-refractivity contribution in [1.29, 1.82) is 0 Å². The first-order chi connectivity index (χ1) is 6.34. The van der Waals surface area contributed by atoms with Gasteiger partial charge in [0.15, 0.2) is 5.75 Å². The Hall–Kier alpha value is -1.03. The highest BCUT2D eigenvalue weighted by Gasteiger charge is 2.20. The summed E-state index contributed by atoms with van der Waals surface area (Å²) in [5.74, 6) is 0.793. The Morgan fingerprint density at radius 2 is 2.15 bits per heavy atom. The predicted molar refractivity (Wildman–Crippen MR) is 47.5 cm³/mol. The number of ether oxygens (including phenoxy) is 1. The fraction of sp³-hybridized carbons (Fsp3) is 0.667. The number of aromatic amines is 1. The Morgan fingerprint density at radius 3 is 2.77 bits per heavy atom. The largest absolute Gasteiger partial charge is 0.487 e. The van der Waals surface area contributed by atoms with Crippen LogP contribution in [0.25, 0.3) is 0 Å². The summed E-state index contributed by atoms with van der Waals surface area (Å²) in [4.78, 5) is 0. The fourth-order valence-electron chi connectivity index (χ4n) is 1.66. The first kappa shape index (κ1) is 8.56. The van der Waals surface area contributed by atoms with E-state index in [1.54, 1.807) is 12.4 Å². The molecule has 4 heteroatoms. The van der Waals surface area contributed by atoms with Crippen LogP contribution < -0.4 is 4.74 Å². The van der Waals surface area contributed by atoms with Gasteiger partial charge in [0.25, 0.3) is 0 Å². The van der Waals surface area contributed by atoms with Crippen LogP contribution in [-0.4, -0.2) is 27.5 Å². The minimum absolute atomic E-state index is 0.121. The Labute approximate surface area is 76.9 Å². The molecule has 72 valence electrons. The number of H-pyrrole nitrogens is 1. The zero-order valence-corrected chi connectivity index (χ0v) is 7.44. The zero-order chi connectivity index (χ0) is 9.10. The van der Waals surface area contributed by atoms with E-state index in [0.717, 1.165) is 31.4 Å².